The van der Waals surface area contributed by atoms with Crippen LogP contribution >= 0.6 is 23.2 Å². The van der Waals surface area contributed by atoms with Crippen LogP contribution in [-0.4, -0.2) is 39.4 Å². The summed E-state index contributed by atoms with van der Waals surface area (Å²) in [6, 6.07) is 10.3. The second kappa shape index (κ2) is 10.5. The van der Waals surface area contributed by atoms with E-state index in [1.54, 1.807) is 19.1 Å². The Labute approximate surface area is 177 Å². The van der Waals surface area contributed by atoms with E-state index in [0.29, 0.717) is 15.7 Å². The lowest BCUT2D eigenvalue weighted by Crippen LogP contribution is -2.16. The average molecular weight is 436 g/mol. The van der Waals surface area contributed by atoms with E-state index in [1.165, 1.54) is 18.7 Å². The summed E-state index contributed by atoms with van der Waals surface area (Å²) in [6.07, 6.45) is 0.997. The smallest absolute Gasteiger partial charge is 0.356 e. The summed E-state index contributed by atoms with van der Waals surface area (Å²) in [5, 5.41) is 13.6. The van der Waals surface area contributed by atoms with Crippen molar-refractivity contribution in [2.45, 2.75) is 20.3 Å². The number of hydrogen-bond acceptors (Lipinski definition) is 6. The molecule has 0 radical (unpaired) electrons. The van der Waals surface area contributed by atoms with Gasteiger partial charge in [0.05, 0.1) is 22.8 Å². The Kier molecular flexibility index (Phi) is 8.11. The van der Waals surface area contributed by atoms with E-state index in [9.17, 15) is 9.59 Å². The molecule has 0 spiro atoms. The third-order valence-corrected chi connectivity index (χ3v) is 4.45. The maximum atomic E-state index is 11.9. The summed E-state index contributed by atoms with van der Waals surface area (Å²) in [4.78, 5) is 27.1. The minimum Gasteiger partial charge on any atom is -0.464 e. The third kappa shape index (κ3) is 6.27. The van der Waals surface area contributed by atoms with Crippen LogP contribution in [0.2, 0.25) is 10.0 Å². The predicted molar refractivity (Wildman–Crippen MR) is 110 cm³/mol. The van der Waals surface area contributed by atoms with Crippen molar-refractivity contribution in [3.63, 3.8) is 0 Å². The molecule has 2 heterocycles. The molecule has 1 aromatic carbocycles. The molecule has 3 aromatic rings. The molecule has 3 rings (SSSR count). The van der Waals surface area contributed by atoms with Crippen LogP contribution in [0.5, 0.6) is 0 Å². The highest BCUT2D eigenvalue weighted by atomic mass is 35.5. The number of benzene rings is 1. The Morgan fingerprint density at radius 3 is 2.48 bits per heavy atom. The molecule has 0 unspecified atom stereocenters. The van der Waals surface area contributed by atoms with Gasteiger partial charge in [0.2, 0.25) is 0 Å². The zero-order valence-corrected chi connectivity index (χ0v) is 17.5. The van der Waals surface area contributed by atoms with Gasteiger partial charge in [-0.25, -0.2) is 9.78 Å². The maximum absolute atomic E-state index is 11.9. The molecule has 0 fully saturated rings. The van der Waals surface area contributed by atoms with Gasteiger partial charge in [0.1, 0.15) is 5.82 Å². The van der Waals surface area contributed by atoms with Gasteiger partial charge < -0.3 is 10.1 Å². The topological polar surface area (TPSA) is 110 Å². The lowest BCUT2D eigenvalue weighted by Gasteiger charge is -2.04. The third-order valence-electron chi connectivity index (χ3n) is 3.71. The monoisotopic (exact) mass is 435 g/mol. The van der Waals surface area contributed by atoms with Crippen molar-refractivity contribution in [2.75, 3.05) is 12.4 Å². The van der Waals surface area contributed by atoms with Crippen LogP contribution in [-0.2, 0) is 11.2 Å². The van der Waals surface area contributed by atoms with E-state index < -0.39 is 11.9 Å². The summed E-state index contributed by atoms with van der Waals surface area (Å²) in [7, 11) is 1.26. The summed E-state index contributed by atoms with van der Waals surface area (Å²) < 4.78 is 4.55. The molecular weight excluding hydrogens is 417 g/mol. The number of esters is 1. The number of aromatic nitrogens is 4. The van der Waals surface area contributed by atoms with Crippen molar-refractivity contribution < 1.29 is 14.3 Å². The largest absolute Gasteiger partial charge is 0.464 e. The van der Waals surface area contributed by atoms with E-state index in [2.05, 4.69) is 37.4 Å². The second-order valence-electron chi connectivity index (χ2n) is 5.71. The standard InChI is InChI=1S/C11H11N5O3.C8H8Cl2/c1-6-9(15-16-14-6)10(17)13-8-5-3-4-7(12-8)11(18)19-2;1-2-6-3-4-7(9)8(10)5-6/h3-5H,1-2H3,(H,12,13,17)(H,14,15,16);3-5H,2H2,1H3. The Balaban J connectivity index is 0.000000253. The summed E-state index contributed by atoms with van der Waals surface area (Å²) in [5.74, 6) is -0.801. The van der Waals surface area contributed by atoms with Gasteiger partial charge in [-0.05, 0) is 43.2 Å². The highest BCUT2D eigenvalue weighted by Crippen LogP contribution is 2.22. The van der Waals surface area contributed by atoms with E-state index in [0.717, 1.165) is 6.42 Å². The van der Waals surface area contributed by atoms with Crippen LogP contribution in [0.1, 0.15) is 39.2 Å². The second-order valence-corrected chi connectivity index (χ2v) is 6.53. The number of carbonyl (C=O) groups is 2. The van der Waals surface area contributed by atoms with Gasteiger partial charge in [-0.3, -0.25) is 4.79 Å². The number of H-pyrrole nitrogens is 1. The quantitative estimate of drug-likeness (QED) is 0.596. The van der Waals surface area contributed by atoms with Crippen LogP contribution in [0.25, 0.3) is 0 Å². The molecule has 2 N–H and O–H groups in total. The number of aryl methyl sites for hydroxylation is 2. The Hall–Kier alpha value is -2.97. The van der Waals surface area contributed by atoms with E-state index in [1.807, 2.05) is 18.2 Å². The van der Waals surface area contributed by atoms with Gasteiger partial charge in [-0.1, -0.05) is 42.3 Å². The number of aromatic amines is 1. The zero-order valence-electron chi connectivity index (χ0n) is 16.0. The molecule has 8 nitrogen and oxygen atoms in total. The molecule has 1 amide bonds. The molecule has 0 bridgehead atoms. The zero-order chi connectivity index (χ0) is 21.4. The van der Waals surface area contributed by atoms with Crippen molar-refractivity contribution in [1.29, 1.82) is 0 Å². The Bertz CT molecular complexity index is 1010. The number of ether oxygens (including phenoxy) is 1. The highest BCUT2D eigenvalue weighted by molar-refractivity contribution is 6.42. The number of methoxy groups -OCH3 is 1. The van der Waals surface area contributed by atoms with Gasteiger partial charge in [-0.15, -0.1) is 0 Å². The first-order valence-electron chi connectivity index (χ1n) is 8.53. The first-order valence-corrected chi connectivity index (χ1v) is 9.29. The highest BCUT2D eigenvalue weighted by Gasteiger charge is 2.15. The molecule has 0 saturated carbocycles. The number of carbonyl (C=O) groups excluding carboxylic acids is 2. The van der Waals surface area contributed by atoms with Crippen LogP contribution in [0.3, 0.4) is 0 Å². The summed E-state index contributed by atoms with van der Waals surface area (Å²) >= 11 is 11.5. The Morgan fingerprint density at radius 2 is 1.90 bits per heavy atom. The number of anilines is 1. The molecule has 0 atom stereocenters. The normalized spacial score (nSPS) is 9.97. The first kappa shape index (κ1) is 22.3. The number of nitrogens with one attached hydrogen (secondary N) is 2. The van der Waals surface area contributed by atoms with Crippen LogP contribution in [0.4, 0.5) is 5.82 Å². The molecule has 2 aromatic heterocycles. The van der Waals surface area contributed by atoms with Gasteiger partial charge in [0.25, 0.3) is 5.91 Å². The van der Waals surface area contributed by atoms with E-state index >= 15 is 0 Å². The molecule has 0 aliphatic rings. The van der Waals surface area contributed by atoms with Crippen molar-refractivity contribution in [1.82, 2.24) is 20.4 Å². The van der Waals surface area contributed by atoms with Crippen molar-refractivity contribution in [2.24, 2.45) is 0 Å². The van der Waals surface area contributed by atoms with Gasteiger partial charge in [-0.2, -0.15) is 15.4 Å². The number of rotatable bonds is 4. The fraction of sp³-hybridized carbons (Fsp3) is 0.211. The average Bonchev–Trinajstić information content (AvgIpc) is 3.16. The first-order chi connectivity index (χ1) is 13.8. The summed E-state index contributed by atoms with van der Waals surface area (Å²) in [6.45, 7) is 3.73. The molecule has 0 saturated heterocycles. The lowest BCUT2D eigenvalue weighted by molar-refractivity contribution is 0.0594. The summed E-state index contributed by atoms with van der Waals surface area (Å²) in [5.41, 5.74) is 1.97. The van der Waals surface area contributed by atoms with Gasteiger partial charge in [0, 0.05) is 0 Å². The van der Waals surface area contributed by atoms with Crippen LogP contribution in [0.15, 0.2) is 36.4 Å². The van der Waals surface area contributed by atoms with Crippen LogP contribution < -0.4 is 5.32 Å². The Morgan fingerprint density at radius 1 is 1.14 bits per heavy atom. The van der Waals surface area contributed by atoms with E-state index in [-0.39, 0.29) is 17.2 Å². The van der Waals surface area contributed by atoms with Crippen molar-refractivity contribution in [3.8, 4) is 0 Å². The van der Waals surface area contributed by atoms with Crippen LogP contribution in [0, 0.1) is 6.92 Å². The van der Waals surface area contributed by atoms with Crippen molar-refractivity contribution in [3.05, 3.63) is 69.1 Å². The fourth-order valence-corrected chi connectivity index (χ4v) is 2.48. The van der Waals surface area contributed by atoms with Gasteiger partial charge in [0.15, 0.2) is 11.4 Å². The molecule has 0 aliphatic heterocycles. The molecule has 10 heteroatoms. The van der Waals surface area contributed by atoms with Crippen molar-refractivity contribution >= 4 is 40.9 Å². The molecule has 0 aliphatic carbocycles. The molecular formula is C19H19Cl2N5O3. The number of amides is 1. The minimum absolute atomic E-state index is 0.108. The molecule has 152 valence electrons. The predicted octanol–water partition coefficient (Wildman–Crippen LogP) is 4.10. The minimum atomic E-state index is -0.575. The fourth-order valence-electron chi connectivity index (χ4n) is 2.16. The number of hydrogen-bond donors (Lipinski definition) is 2. The number of halogens is 2. The lowest BCUT2D eigenvalue weighted by atomic mass is 10.2. The number of nitrogens with zero attached hydrogens (tertiary/aromatic N) is 3. The van der Waals surface area contributed by atoms with E-state index in [4.69, 9.17) is 23.2 Å². The number of pyridine rings is 1. The SMILES string of the molecule is CCc1ccc(Cl)c(Cl)c1.COC(=O)c1cccc(NC(=O)c2n[nH]nc2C)n1. The molecule has 29 heavy (non-hydrogen) atoms. The maximum Gasteiger partial charge on any atom is 0.356 e. The van der Waals surface area contributed by atoms with Gasteiger partial charge >= 0.3 is 5.97 Å².